The largest absolute Gasteiger partial charge is 0.318 e. The van der Waals surface area contributed by atoms with Gasteiger partial charge in [-0.15, -0.1) is 0 Å². The van der Waals surface area contributed by atoms with Crippen LogP contribution in [0.5, 0.6) is 0 Å². The summed E-state index contributed by atoms with van der Waals surface area (Å²) in [6, 6.07) is 15.1. The van der Waals surface area contributed by atoms with E-state index in [1.54, 1.807) is 30.3 Å². The average molecular weight is 464 g/mol. The van der Waals surface area contributed by atoms with Crippen LogP contribution in [0.3, 0.4) is 0 Å². The van der Waals surface area contributed by atoms with Gasteiger partial charge in [-0.2, -0.15) is 0 Å². The second kappa shape index (κ2) is 8.37. The van der Waals surface area contributed by atoms with Crippen molar-refractivity contribution >= 4 is 52.5 Å². The Balaban J connectivity index is 1.78. The first-order valence-corrected chi connectivity index (χ1v) is 10.9. The Hall–Kier alpha value is -3.22. The van der Waals surface area contributed by atoms with E-state index in [4.69, 9.17) is 23.8 Å². The molecule has 1 aromatic heterocycles. The van der Waals surface area contributed by atoms with Crippen molar-refractivity contribution in [3.8, 4) is 5.69 Å². The number of thiocarbonyl (C=S) groups is 1. The Labute approximate surface area is 197 Å². The van der Waals surface area contributed by atoms with Gasteiger partial charge in [-0.3, -0.25) is 19.8 Å². The molecule has 1 fully saturated rings. The summed E-state index contributed by atoms with van der Waals surface area (Å²) in [5.41, 5.74) is 6.62. The molecule has 7 heteroatoms. The number of amides is 2. The number of nitrogens with zero attached hydrogens (tertiary/aromatic N) is 2. The number of aromatic nitrogens is 1. The molecule has 1 aliphatic heterocycles. The zero-order valence-electron chi connectivity index (χ0n) is 18.2. The molecule has 32 heavy (non-hydrogen) atoms. The van der Waals surface area contributed by atoms with Gasteiger partial charge in [-0.1, -0.05) is 23.7 Å². The number of rotatable bonds is 3. The molecule has 4 rings (SSSR count). The lowest BCUT2D eigenvalue weighted by Crippen LogP contribution is -2.54. The van der Waals surface area contributed by atoms with E-state index in [-0.39, 0.29) is 10.7 Å². The first-order chi connectivity index (χ1) is 15.2. The summed E-state index contributed by atoms with van der Waals surface area (Å²) in [7, 11) is 0. The molecule has 2 aromatic carbocycles. The SMILES string of the molecule is Cc1cc(C)cc(-n2c(C)cc(C=C3C(=O)NC(=S)N(c4cccc(Cl)c4)C3=O)c2C)c1. The zero-order valence-corrected chi connectivity index (χ0v) is 19.8. The van der Waals surface area contributed by atoms with Crippen molar-refractivity contribution in [3.63, 3.8) is 0 Å². The summed E-state index contributed by atoms with van der Waals surface area (Å²) >= 11 is 11.4. The highest BCUT2D eigenvalue weighted by molar-refractivity contribution is 7.80. The molecule has 0 bridgehead atoms. The van der Waals surface area contributed by atoms with E-state index in [0.29, 0.717) is 10.7 Å². The first kappa shape index (κ1) is 22.0. The predicted octanol–water partition coefficient (Wildman–Crippen LogP) is 5.20. The van der Waals surface area contributed by atoms with E-state index in [2.05, 4.69) is 41.9 Å². The van der Waals surface area contributed by atoms with Crippen LogP contribution < -0.4 is 10.2 Å². The van der Waals surface area contributed by atoms with Crippen LogP contribution in [-0.2, 0) is 9.59 Å². The molecule has 5 nitrogen and oxygen atoms in total. The minimum absolute atomic E-state index is 0.0132. The monoisotopic (exact) mass is 463 g/mol. The normalized spacial score (nSPS) is 15.5. The van der Waals surface area contributed by atoms with Gasteiger partial charge in [0.05, 0.1) is 5.69 Å². The van der Waals surface area contributed by atoms with E-state index in [9.17, 15) is 9.59 Å². The number of aryl methyl sites for hydroxylation is 3. The fourth-order valence-corrected chi connectivity index (χ4v) is 4.54. The number of hydrogen-bond acceptors (Lipinski definition) is 3. The van der Waals surface area contributed by atoms with E-state index >= 15 is 0 Å². The Morgan fingerprint density at radius 2 is 1.62 bits per heavy atom. The molecule has 1 N–H and O–H groups in total. The molecule has 2 heterocycles. The minimum Gasteiger partial charge on any atom is -0.318 e. The summed E-state index contributed by atoms with van der Waals surface area (Å²) in [5, 5.41) is 3.11. The van der Waals surface area contributed by atoms with Crippen molar-refractivity contribution in [2.24, 2.45) is 0 Å². The van der Waals surface area contributed by atoms with Crippen LogP contribution in [0, 0.1) is 27.7 Å². The number of nitrogens with one attached hydrogen (secondary N) is 1. The van der Waals surface area contributed by atoms with Gasteiger partial charge in [0, 0.05) is 22.1 Å². The lowest BCUT2D eigenvalue weighted by atomic mass is 10.1. The molecule has 0 saturated carbocycles. The van der Waals surface area contributed by atoms with Crippen molar-refractivity contribution < 1.29 is 9.59 Å². The van der Waals surface area contributed by atoms with Crippen LogP contribution in [0.1, 0.15) is 28.1 Å². The third kappa shape index (κ3) is 3.99. The fraction of sp³-hybridized carbons (Fsp3) is 0.160. The van der Waals surface area contributed by atoms with Crippen LogP contribution in [0.4, 0.5) is 5.69 Å². The Morgan fingerprint density at radius 3 is 2.28 bits per heavy atom. The van der Waals surface area contributed by atoms with Gasteiger partial charge < -0.3 is 4.57 Å². The van der Waals surface area contributed by atoms with Crippen LogP contribution in [-0.4, -0.2) is 21.5 Å². The molecule has 0 aliphatic carbocycles. The summed E-state index contributed by atoms with van der Waals surface area (Å²) in [4.78, 5) is 27.3. The van der Waals surface area contributed by atoms with Gasteiger partial charge >= 0.3 is 0 Å². The summed E-state index contributed by atoms with van der Waals surface area (Å²) in [6.07, 6.45) is 1.62. The topological polar surface area (TPSA) is 54.3 Å². The number of carbonyl (C=O) groups excluding carboxylic acids is 2. The standard InChI is InChI=1S/C25H22ClN3O2S/c1-14-8-15(2)10-21(9-14)28-16(3)11-18(17(28)4)12-22-23(30)27-25(32)29(24(22)31)20-7-5-6-19(26)13-20/h5-13H,1-4H3,(H,27,30,32). The maximum Gasteiger partial charge on any atom is 0.270 e. The molecule has 1 saturated heterocycles. The third-order valence-electron chi connectivity index (χ3n) is 5.40. The molecular weight excluding hydrogens is 442 g/mol. The van der Waals surface area contributed by atoms with Crippen LogP contribution in [0.25, 0.3) is 11.8 Å². The highest BCUT2D eigenvalue weighted by Crippen LogP contribution is 2.27. The zero-order chi connectivity index (χ0) is 23.2. The predicted molar refractivity (Wildman–Crippen MR) is 132 cm³/mol. The van der Waals surface area contributed by atoms with Gasteiger partial charge in [0.25, 0.3) is 11.8 Å². The average Bonchev–Trinajstić information content (AvgIpc) is 2.97. The van der Waals surface area contributed by atoms with E-state index < -0.39 is 11.8 Å². The van der Waals surface area contributed by atoms with Crippen LogP contribution >= 0.6 is 23.8 Å². The molecule has 0 spiro atoms. The van der Waals surface area contributed by atoms with Crippen molar-refractivity contribution in [3.05, 3.63) is 87.2 Å². The smallest absolute Gasteiger partial charge is 0.270 e. The van der Waals surface area contributed by atoms with Crippen LogP contribution in [0.2, 0.25) is 5.02 Å². The molecule has 1 aliphatic rings. The lowest BCUT2D eigenvalue weighted by molar-refractivity contribution is -0.122. The van der Waals surface area contributed by atoms with E-state index in [1.807, 2.05) is 19.9 Å². The number of anilines is 1. The quantitative estimate of drug-likeness (QED) is 0.330. The van der Waals surface area contributed by atoms with Crippen molar-refractivity contribution in [2.45, 2.75) is 27.7 Å². The summed E-state index contributed by atoms with van der Waals surface area (Å²) < 4.78 is 2.12. The van der Waals surface area contributed by atoms with Gasteiger partial charge in [0.2, 0.25) is 0 Å². The highest BCUT2D eigenvalue weighted by atomic mass is 35.5. The first-order valence-electron chi connectivity index (χ1n) is 10.1. The third-order valence-corrected chi connectivity index (χ3v) is 5.92. The fourth-order valence-electron chi connectivity index (χ4n) is 4.07. The van der Waals surface area contributed by atoms with Crippen LogP contribution in [0.15, 0.2) is 54.1 Å². The molecule has 0 atom stereocenters. The summed E-state index contributed by atoms with van der Waals surface area (Å²) in [6.45, 7) is 8.10. The Kier molecular flexibility index (Phi) is 5.75. The van der Waals surface area contributed by atoms with Gasteiger partial charge in [0.15, 0.2) is 5.11 Å². The highest BCUT2D eigenvalue weighted by Gasteiger charge is 2.34. The Morgan fingerprint density at radius 1 is 0.938 bits per heavy atom. The molecular formula is C25H22ClN3O2S. The maximum absolute atomic E-state index is 13.3. The minimum atomic E-state index is -0.519. The number of carbonyl (C=O) groups is 2. The number of benzene rings is 2. The molecule has 2 amide bonds. The van der Waals surface area contributed by atoms with Gasteiger partial charge in [0.1, 0.15) is 5.57 Å². The Bertz CT molecular complexity index is 1300. The maximum atomic E-state index is 13.3. The summed E-state index contributed by atoms with van der Waals surface area (Å²) in [5.74, 6) is -1.01. The number of hydrogen-bond donors (Lipinski definition) is 1. The second-order valence-electron chi connectivity index (χ2n) is 7.95. The molecule has 0 unspecified atom stereocenters. The number of halogens is 1. The molecule has 0 radical (unpaired) electrons. The van der Waals surface area contributed by atoms with Gasteiger partial charge in [-0.05, 0) is 99.1 Å². The van der Waals surface area contributed by atoms with Crippen molar-refractivity contribution in [2.75, 3.05) is 4.90 Å². The van der Waals surface area contributed by atoms with Crippen molar-refractivity contribution in [1.82, 2.24) is 9.88 Å². The second-order valence-corrected chi connectivity index (χ2v) is 8.77. The molecule has 3 aromatic rings. The van der Waals surface area contributed by atoms with Gasteiger partial charge in [-0.25, -0.2) is 0 Å². The lowest BCUT2D eigenvalue weighted by Gasteiger charge is -2.29. The van der Waals surface area contributed by atoms with E-state index in [1.165, 1.54) is 16.0 Å². The van der Waals surface area contributed by atoms with Crippen molar-refractivity contribution in [1.29, 1.82) is 0 Å². The van der Waals surface area contributed by atoms with E-state index in [0.717, 1.165) is 22.6 Å². The molecule has 162 valence electrons.